The quantitative estimate of drug-likeness (QED) is 0.576. The molecule has 0 aliphatic heterocycles. The van der Waals surface area contributed by atoms with Crippen molar-refractivity contribution < 1.29 is 9.53 Å². The standard InChI is InChI=1S/C13H23NO2/c1-10(13(15)16-3)9-11(2)14-12-7-5-4-6-8-12/h4-5,10-12,14H,6-9H2,1-3H3. The van der Waals surface area contributed by atoms with E-state index in [0.29, 0.717) is 12.1 Å². The summed E-state index contributed by atoms with van der Waals surface area (Å²) in [7, 11) is 1.45. The average Bonchev–Trinajstić information content (AvgIpc) is 2.29. The Kier molecular flexibility index (Phi) is 5.53. The first kappa shape index (κ1) is 13.2. The van der Waals surface area contributed by atoms with Crippen LogP contribution in [0.25, 0.3) is 0 Å². The number of carbonyl (C=O) groups is 1. The first-order valence-corrected chi connectivity index (χ1v) is 6.12. The van der Waals surface area contributed by atoms with Gasteiger partial charge in [0.25, 0.3) is 0 Å². The van der Waals surface area contributed by atoms with Gasteiger partial charge in [-0.3, -0.25) is 4.79 Å². The fourth-order valence-electron chi connectivity index (χ4n) is 2.24. The summed E-state index contributed by atoms with van der Waals surface area (Å²) in [5.41, 5.74) is 0. The molecule has 0 aromatic carbocycles. The zero-order valence-electron chi connectivity index (χ0n) is 10.5. The molecule has 3 unspecified atom stereocenters. The van der Waals surface area contributed by atoms with Crippen LogP contribution in [0.3, 0.4) is 0 Å². The maximum Gasteiger partial charge on any atom is 0.308 e. The van der Waals surface area contributed by atoms with Gasteiger partial charge in [-0.15, -0.1) is 0 Å². The number of rotatable bonds is 5. The number of carbonyl (C=O) groups excluding carboxylic acids is 1. The van der Waals surface area contributed by atoms with E-state index in [2.05, 4.69) is 24.4 Å². The molecule has 92 valence electrons. The summed E-state index contributed by atoms with van der Waals surface area (Å²) < 4.78 is 4.72. The van der Waals surface area contributed by atoms with E-state index >= 15 is 0 Å². The number of nitrogens with one attached hydrogen (secondary N) is 1. The number of hydrogen-bond donors (Lipinski definition) is 1. The molecule has 1 N–H and O–H groups in total. The highest BCUT2D eigenvalue weighted by atomic mass is 16.5. The Bertz CT molecular complexity index is 250. The zero-order chi connectivity index (χ0) is 12.0. The smallest absolute Gasteiger partial charge is 0.308 e. The molecule has 1 aliphatic rings. The maximum atomic E-state index is 11.3. The third kappa shape index (κ3) is 4.35. The second-order valence-corrected chi connectivity index (χ2v) is 4.71. The Morgan fingerprint density at radius 1 is 1.50 bits per heavy atom. The van der Waals surface area contributed by atoms with E-state index < -0.39 is 0 Å². The first-order chi connectivity index (χ1) is 7.63. The molecule has 0 aromatic rings. The summed E-state index contributed by atoms with van der Waals surface area (Å²) in [6.45, 7) is 4.06. The van der Waals surface area contributed by atoms with Crippen LogP contribution in [0.2, 0.25) is 0 Å². The van der Waals surface area contributed by atoms with Crippen molar-refractivity contribution in [3.05, 3.63) is 12.2 Å². The number of allylic oxidation sites excluding steroid dienone is 1. The number of methoxy groups -OCH3 is 1. The summed E-state index contributed by atoms with van der Waals surface area (Å²) in [6, 6.07) is 0.940. The molecule has 3 atom stereocenters. The van der Waals surface area contributed by atoms with E-state index in [9.17, 15) is 4.79 Å². The second kappa shape index (κ2) is 6.69. The van der Waals surface area contributed by atoms with Crippen LogP contribution >= 0.6 is 0 Å². The van der Waals surface area contributed by atoms with Crippen LogP contribution in [0.4, 0.5) is 0 Å². The lowest BCUT2D eigenvalue weighted by Crippen LogP contribution is -2.38. The molecule has 0 bridgehead atoms. The van der Waals surface area contributed by atoms with Gasteiger partial charge in [0.1, 0.15) is 0 Å². The maximum absolute atomic E-state index is 11.3. The first-order valence-electron chi connectivity index (χ1n) is 6.12. The van der Waals surface area contributed by atoms with Crippen LogP contribution in [0, 0.1) is 5.92 Å². The summed E-state index contributed by atoms with van der Waals surface area (Å²) >= 11 is 0. The lowest BCUT2D eigenvalue weighted by molar-refractivity contribution is -0.145. The van der Waals surface area contributed by atoms with Crippen LogP contribution in [-0.4, -0.2) is 25.2 Å². The Morgan fingerprint density at radius 2 is 2.25 bits per heavy atom. The van der Waals surface area contributed by atoms with Gasteiger partial charge in [-0.05, 0) is 32.6 Å². The lowest BCUT2D eigenvalue weighted by atomic mass is 9.98. The van der Waals surface area contributed by atoms with Crippen LogP contribution in [0.15, 0.2) is 12.2 Å². The van der Waals surface area contributed by atoms with Crippen molar-refractivity contribution in [3.63, 3.8) is 0 Å². The molecule has 1 rings (SSSR count). The average molecular weight is 225 g/mol. The molecule has 0 amide bonds. The van der Waals surface area contributed by atoms with Gasteiger partial charge in [-0.1, -0.05) is 19.1 Å². The molecular formula is C13H23NO2. The van der Waals surface area contributed by atoms with Crippen molar-refractivity contribution in [3.8, 4) is 0 Å². The molecule has 0 radical (unpaired) electrons. The van der Waals surface area contributed by atoms with E-state index in [1.54, 1.807) is 0 Å². The highest BCUT2D eigenvalue weighted by molar-refractivity contribution is 5.71. The van der Waals surface area contributed by atoms with Crippen molar-refractivity contribution in [1.29, 1.82) is 0 Å². The number of ether oxygens (including phenoxy) is 1. The fourth-order valence-corrected chi connectivity index (χ4v) is 2.24. The Labute approximate surface area is 98.2 Å². The van der Waals surface area contributed by atoms with E-state index in [-0.39, 0.29) is 11.9 Å². The SMILES string of the molecule is COC(=O)C(C)CC(C)NC1CC=CCC1. The van der Waals surface area contributed by atoms with Crippen molar-refractivity contribution >= 4 is 5.97 Å². The van der Waals surface area contributed by atoms with E-state index in [0.717, 1.165) is 19.3 Å². The third-order valence-electron chi connectivity index (χ3n) is 3.10. The second-order valence-electron chi connectivity index (χ2n) is 4.71. The summed E-state index contributed by atoms with van der Waals surface area (Å²) in [4.78, 5) is 11.3. The molecule has 0 fully saturated rings. The summed E-state index contributed by atoms with van der Waals surface area (Å²) in [6.07, 6.45) is 8.78. The minimum Gasteiger partial charge on any atom is -0.469 e. The van der Waals surface area contributed by atoms with Crippen molar-refractivity contribution in [2.24, 2.45) is 5.92 Å². The van der Waals surface area contributed by atoms with Crippen LogP contribution < -0.4 is 5.32 Å². The Morgan fingerprint density at radius 3 is 2.81 bits per heavy atom. The van der Waals surface area contributed by atoms with Gasteiger partial charge in [0.2, 0.25) is 0 Å². The molecule has 0 aromatic heterocycles. The summed E-state index contributed by atoms with van der Waals surface area (Å²) in [5.74, 6) is -0.135. The van der Waals surface area contributed by atoms with Crippen molar-refractivity contribution in [2.75, 3.05) is 7.11 Å². The van der Waals surface area contributed by atoms with Crippen LogP contribution in [0.1, 0.15) is 39.5 Å². The summed E-state index contributed by atoms with van der Waals surface area (Å²) in [5, 5.41) is 3.57. The monoisotopic (exact) mass is 225 g/mol. The topological polar surface area (TPSA) is 38.3 Å². The van der Waals surface area contributed by atoms with Gasteiger partial charge >= 0.3 is 5.97 Å². The Balaban J connectivity index is 2.26. The molecule has 0 heterocycles. The van der Waals surface area contributed by atoms with Crippen molar-refractivity contribution in [2.45, 2.75) is 51.6 Å². The molecule has 0 saturated heterocycles. The van der Waals surface area contributed by atoms with E-state index in [4.69, 9.17) is 4.74 Å². The molecule has 0 saturated carbocycles. The van der Waals surface area contributed by atoms with Gasteiger partial charge in [0.05, 0.1) is 13.0 Å². The van der Waals surface area contributed by atoms with Crippen LogP contribution in [0.5, 0.6) is 0 Å². The molecule has 1 aliphatic carbocycles. The predicted molar refractivity (Wildman–Crippen MR) is 65.2 cm³/mol. The lowest BCUT2D eigenvalue weighted by Gasteiger charge is -2.25. The van der Waals surface area contributed by atoms with Gasteiger partial charge in [-0.2, -0.15) is 0 Å². The molecule has 0 spiro atoms. The molecular weight excluding hydrogens is 202 g/mol. The van der Waals surface area contributed by atoms with Gasteiger partial charge in [0.15, 0.2) is 0 Å². The number of esters is 1. The molecule has 16 heavy (non-hydrogen) atoms. The fraction of sp³-hybridized carbons (Fsp3) is 0.769. The molecule has 3 nitrogen and oxygen atoms in total. The van der Waals surface area contributed by atoms with Crippen LogP contribution in [-0.2, 0) is 9.53 Å². The van der Waals surface area contributed by atoms with Gasteiger partial charge in [0, 0.05) is 12.1 Å². The van der Waals surface area contributed by atoms with Crippen molar-refractivity contribution in [1.82, 2.24) is 5.32 Å². The highest BCUT2D eigenvalue weighted by Gasteiger charge is 2.19. The molecule has 3 heteroatoms. The van der Waals surface area contributed by atoms with E-state index in [1.807, 2.05) is 6.92 Å². The largest absolute Gasteiger partial charge is 0.469 e. The highest BCUT2D eigenvalue weighted by Crippen LogP contribution is 2.14. The zero-order valence-corrected chi connectivity index (χ0v) is 10.5. The van der Waals surface area contributed by atoms with E-state index in [1.165, 1.54) is 13.5 Å². The number of hydrogen-bond acceptors (Lipinski definition) is 3. The minimum absolute atomic E-state index is 0.0216. The predicted octanol–water partition coefficient (Wildman–Crippen LogP) is 2.27. The normalized spacial score (nSPS) is 23.8. The Hall–Kier alpha value is -0.830. The van der Waals surface area contributed by atoms with Gasteiger partial charge < -0.3 is 10.1 Å². The minimum atomic E-state index is -0.114. The third-order valence-corrected chi connectivity index (χ3v) is 3.10. The van der Waals surface area contributed by atoms with Gasteiger partial charge in [-0.25, -0.2) is 0 Å².